The summed E-state index contributed by atoms with van der Waals surface area (Å²) in [6, 6.07) is 15.7. The molecule has 0 bridgehead atoms. The first kappa shape index (κ1) is 21.7. The maximum atomic E-state index is 12.2. The van der Waals surface area contributed by atoms with Crippen LogP contribution >= 0.6 is 23.2 Å². The highest BCUT2D eigenvalue weighted by Gasteiger charge is 2.22. The minimum Gasteiger partial charge on any atom is -0.367 e. The summed E-state index contributed by atoms with van der Waals surface area (Å²) in [7, 11) is 0. The second kappa shape index (κ2) is 9.75. The summed E-state index contributed by atoms with van der Waals surface area (Å²) in [5.41, 5.74) is 2.77. The number of fused-ring (bicyclic) bond motifs is 1. The molecule has 2 amide bonds. The van der Waals surface area contributed by atoms with Crippen molar-refractivity contribution in [1.82, 2.24) is 10.3 Å². The molecule has 1 aromatic heterocycles. The third-order valence-corrected chi connectivity index (χ3v) is 6.69. The molecule has 3 aromatic rings. The van der Waals surface area contributed by atoms with Gasteiger partial charge in [-0.2, -0.15) is 0 Å². The van der Waals surface area contributed by atoms with Gasteiger partial charge in [0.05, 0.1) is 21.2 Å². The molecule has 1 heterocycles. The van der Waals surface area contributed by atoms with Crippen molar-refractivity contribution in [2.24, 2.45) is 5.92 Å². The standard InChI is InChI=1S/C24H26Cl2N4O/c1-15-13-22(29-20-7-3-2-5-18(15)20)28-17-11-9-16(10-12-17)14-27-24(31)30-21-8-4-6-19(25)23(21)26/h2-8,13,16-17H,9-12,14H2,1H3,(H,28,29)(H2,27,30,31)/t16-,17+. The van der Waals surface area contributed by atoms with Crippen LogP contribution in [0.25, 0.3) is 10.9 Å². The molecule has 0 radical (unpaired) electrons. The van der Waals surface area contributed by atoms with Crippen LogP contribution < -0.4 is 16.0 Å². The SMILES string of the molecule is Cc1cc(N[C@H]2CC[C@@H](CNC(=O)Nc3cccc(Cl)c3Cl)CC2)nc2ccccc12. The van der Waals surface area contributed by atoms with Crippen LogP contribution in [0, 0.1) is 12.8 Å². The number of rotatable bonds is 5. The van der Waals surface area contributed by atoms with Crippen molar-refractivity contribution in [3.63, 3.8) is 0 Å². The predicted molar refractivity (Wildman–Crippen MR) is 129 cm³/mol. The quantitative estimate of drug-likeness (QED) is 0.402. The average molecular weight is 457 g/mol. The fraction of sp³-hybridized carbons (Fsp3) is 0.333. The molecule has 0 unspecified atom stereocenters. The van der Waals surface area contributed by atoms with Crippen LogP contribution in [-0.4, -0.2) is 23.6 Å². The summed E-state index contributed by atoms with van der Waals surface area (Å²) < 4.78 is 0. The average Bonchev–Trinajstić information content (AvgIpc) is 2.76. The Hall–Kier alpha value is -2.50. The molecule has 1 fully saturated rings. The second-order valence-electron chi connectivity index (χ2n) is 8.14. The van der Waals surface area contributed by atoms with E-state index in [-0.39, 0.29) is 6.03 Å². The number of amides is 2. The van der Waals surface area contributed by atoms with Gasteiger partial charge in [-0.25, -0.2) is 9.78 Å². The van der Waals surface area contributed by atoms with E-state index < -0.39 is 0 Å². The molecule has 1 aliphatic rings. The molecule has 0 spiro atoms. The van der Waals surface area contributed by atoms with Crippen molar-refractivity contribution in [2.45, 2.75) is 38.6 Å². The van der Waals surface area contributed by atoms with Gasteiger partial charge in [0.15, 0.2) is 0 Å². The van der Waals surface area contributed by atoms with E-state index in [4.69, 9.17) is 28.2 Å². The lowest BCUT2D eigenvalue weighted by Gasteiger charge is -2.29. The van der Waals surface area contributed by atoms with Gasteiger partial charge < -0.3 is 16.0 Å². The Balaban J connectivity index is 1.24. The number of nitrogens with zero attached hydrogens (tertiary/aromatic N) is 1. The number of hydrogen-bond acceptors (Lipinski definition) is 3. The summed E-state index contributed by atoms with van der Waals surface area (Å²) in [6.07, 6.45) is 4.23. The minimum absolute atomic E-state index is 0.264. The Morgan fingerprint density at radius 1 is 1.06 bits per heavy atom. The molecule has 1 aliphatic carbocycles. The number of hydrogen-bond donors (Lipinski definition) is 3. The molecule has 162 valence electrons. The second-order valence-corrected chi connectivity index (χ2v) is 8.93. The monoisotopic (exact) mass is 456 g/mol. The van der Waals surface area contributed by atoms with Gasteiger partial charge in [0.1, 0.15) is 5.82 Å². The largest absolute Gasteiger partial charge is 0.367 e. The van der Waals surface area contributed by atoms with E-state index >= 15 is 0 Å². The van der Waals surface area contributed by atoms with Crippen LogP contribution in [0.3, 0.4) is 0 Å². The van der Waals surface area contributed by atoms with E-state index in [0.29, 0.717) is 34.2 Å². The van der Waals surface area contributed by atoms with E-state index in [9.17, 15) is 4.79 Å². The number of anilines is 2. The number of urea groups is 1. The van der Waals surface area contributed by atoms with Crippen LogP contribution in [0.2, 0.25) is 10.0 Å². The van der Waals surface area contributed by atoms with Gasteiger partial charge >= 0.3 is 6.03 Å². The van der Waals surface area contributed by atoms with Gasteiger partial charge in [-0.05, 0) is 68.4 Å². The Bertz CT molecular complexity index is 1080. The number of pyridine rings is 1. The van der Waals surface area contributed by atoms with E-state index in [1.807, 2.05) is 12.1 Å². The van der Waals surface area contributed by atoms with Crippen molar-refractivity contribution < 1.29 is 4.79 Å². The zero-order chi connectivity index (χ0) is 21.8. The molecule has 7 heteroatoms. The fourth-order valence-electron chi connectivity index (χ4n) is 4.15. The highest BCUT2D eigenvalue weighted by Crippen LogP contribution is 2.30. The fourth-order valence-corrected chi connectivity index (χ4v) is 4.50. The first-order valence-corrected chi connectivity index (χ1v) is 11.4. The summed E-state index contributed by atoms with van der Waals surface area (Å²) in [5, 5.41) is 11.3. The molecule has 2 aromatic carbocycles. The van der Waals surface area contributed by atoms with Crippen LogP contribution in [0.5, 0.6) is 0 Å². The number of carbonyl (C=O) groups excluding carboxylic acids is 1. The van der Waals surface area contributed by atoms with Gasteiger partial charge in [0.2, 0.25) is 0 Å². The van der Waals surface area contributed by atoms with Gasteiger partial charge in [-0.3, -0.25) is 0 Å². The Morgan fingerprint density at radius 2 is 1.84 bits per heavy atom. The number of carbonyl (C=O) groups is 1. The van der Waals surface area contributed by atoms with Crippen molar-refractivity contribution in [3.05, 3.63) is 64.1 Å². The van der Waals surface area contributed by atoms with Gasteiger partial charge in [-0.1, -0.05) is 47.5 Å². The lowest BCUT2D eigenvalue weighted by Crippen LogP contribution is -2.36. The molecule has 4 rings (SSSR count). The van der Waals surface area contributed by atoms with Gasteiger partial charge in [0, 0.05) is 18.0 Å². The Morgan fingerprint density at radius 3 is 2.65 bits per heavy atom. The third kappa shape index (κ3) is 5.41. The molecular weight excluding hydrogens is 431 g/mol. The van der Waals surface area contributed by atoms with Crippen molar-refractivity contribution in [1.29, 1.82) is 0 Å². The lowest BCUT2D eigenvalue weighted by atomic mass is 9.86. The molecule has 31 heavy (non-hydrogen) atoms. The van der Waals surface area contributed by atoms with Crippen molar-refractivity contribution in [3.8, 4) is 0 Å². The molecule has 0 saturated heterocycles. The molecule has 1 saturated carbocycles. The lowest BCUT2D eigenvalue weighted by molar-refractivity contribution is 0.246. The topological polar surface area (TPSA) is 66.0 Å². The predicted octanol–water partition coefficient (Wildman–Crippen LogP) is 6.64. The van der Waals surface area contributed by atoms with E-state index in [2.05, 4.69) is 41.1 Å². The van der Waals surface area contributed by atoms with Crippen LogP contribution in [-0.2, 0) is 0 Å². The maximum Gasteiger partial charge on any atom is 0.319 e. The molecule has 0 atom stereocenters. The number of nitrogens with one attached hydrogen (secondary N) is 3. The van der Waals surface area contributed by atoms with Crippen molar-refractivity contribution in [2.75, 3.05) is 17.2 Å². The van der Waals surface area contributed by atoms with Crippen LogP contribution in [0.15, 0.2) is 48.5 Å². The van der Waals surface area contributed by atoms with Crippen LogP contribution in [0.1, 0.15) is 31.2 Å². The Kier molecular flexibility index (Phi) is 6.83. The normalized spacial score (nSPS) is 18.5. The smallest absolute Gasteiger partial charge is 0.319 e. The summed E-state index contributed by atoms with van der Waals surface area (Å²) in [6.45, 7) is 2.77. The highest BCUT2D eigenvalue weighted by atomic mass is 35.5. The third-order valence-electron chi connectivity index (χ3n) is 5.87. The first-order valence-electron chi connectivity index (χ1n) is 10.6. The zero-order valence-electron chi connectivity index (χ0n) is 17.4. The summed E-state index contributed by atoms with van der Waals surface area (Å²) >= 11 is 12.1. The highest BCUT2D eigenvalue weighted by molar-refractivity contribution is 6.43. The van der Waals surface area contributed by atoms with Crippen molar-refractivity contribution >= 4 is 51.6 Å². The summed E-state index contributed by atoms with van der Waals surface area (Å²) in [4.78, 5) is 17.0. The molecule has 3 N–H and O–H groups in total. The molecule has 0 aliphatic heterocycles. The zero-order valence-corrected chi connectivity index (χ0v) is 18.9. The summed E-state index contributed by atoms with van der Waals surface area (Å²) in [5.74, 6) is 1.40. The number of halogens is 2. The number of benzene rings is 2. The van der Waals surface area contributed by atoms with Gasteiger partial charge in [0.25, 0.3) is 0 Å². The number of aryl methyl sites for hydroxylation is 1. The number of aromatic nitrogens is 1. The molecular formula is C24H26Cl2N4O. The van der Waals surface area contributed by atoms with Gasteiger partial charge in [-0.15, -0.1) is 0 Å². The minimum atomic E-state index is -0.264. The van der Waals surface area contributed by atoms with Crippen LogP contribution in [0.4, 0.5) is 16.3 Å². The van der Waals surface area contributed by atoms with E-state index in [1.165, 1.54) is 10.9 Å². The Labute approximate surface area is 192 Å². The maximum absolute atomic E-state index is 12.2. The van der Waals surface area contributed by atoms with E-state index in [1.54, 1.807) is 18.2 Å². The number of para-hydroxylation sites is 1. The molecule has 5 nitrogen and oxygen atoms in total. The first-order chi connectivity index (χ1) is 15.0. The van der Waals surface area contributed by atoms with E-state index in [0.717, 1.165) is 37.0 Å².